The fourth-order valence-corrected chi connectivity index (χ4v) is 6.73. The Labute approximate surface area is 250 Å². The summed E-state index contributed by atoms with van der Waals surface area (Å²) in [6.07, 6.45) is 8.54. The third-order valence-electron chi connectivity index (χ3n) is 8.34. The molecule has 1 amide bonds. The molecule has 1 saturated carbocycles. The van der Waals surface area contributed by atoms with Gasteiger partial charge in [0.1, 0.15) is 24.3 Å². The Hall–Kier alpha value is -2.80. The number of nitrogens with zero attached hydrogens (tertiary/aromatic N) is 7. The zero-order valence-corrected chi connectivity index (χ0v) is 27.3. The number of nitrogens with one attached hydrogen (secondary N) is 1. The van der Waals surface area contributed by atoms with E-state index < -0.39 is 13.7 Å². The normalized spacial score (nSPS) is 22.0. The first-order valence-electron chi connectivity index (χ1n) is 15.2. The molecule has 2 aliphatic rings. The average molecular weight is 597 g/mol. The van der Waals surface area contributed by atoms with Crippen LogP contribution in [-0.2, 0) is 16.2 Å². The first-order valence-corrected chi connectivity index (χ1v) is 18.9. The van der Waals surface area contributed by atoms with E-state index in [4.69, 9.17) is 14.6 Å². The molecule has 230 valence electrons. The van der Waals surface area contributed by atoms with Crippen molar-refractivity contribution in [3.05, 3.63) is 31.0 Å². The van der Waals surface area contributed by atoms with Crippen LogP contribution in [0.2, 0.25) is 25.7 Å². The van der Waals surface area contributed by atoms with Gasteiger partial charge in [-0.25, -0.2) is 14.8 Å². The second-order valence-electron chi connectivity index (χ2n) is 13.9. The summed E-state index contributed by atoms with van der Waals surface area (Å²) < 4.78 is 15.7. The Morgan fingerprint density at radius 2 is 1.88 bits per heavy atom. The van der Waals surface area contributed by atoms with Crippen LogP contribution in [0.3, 0.4) is 0 Å². The average Bonchev–Trinajstić information content (AvgIpc) is 3.55. The maximum atomic E-state index is 12.5. The lowest BCUT2D eigenvalue weighted by molar-refractivity contribution is -0.0277. The number of fused-ring (bicyclic) bond motifs is 1. The summed E-state index contributed by atoms with van der Waals surface area (Å²) in [4.78, 5) is 26.1. The quantitative estimate of drug-likeness (QED) is 0.273. The Bertz CT molecular complexity index is 1350. The van der Waals surface area contributed by atoms with Gasteiger partial charge in [0.15, 0.2) is 0 Å². The van der Waals surface area contributed by atoms with Crippen molar-refractivity contribution in [2.45, 2.75) is 77.3 Å². The molecular weight excluding hydrogens is 548 g/mol. The number of carbonyl (C=O) groups excluding carboxylic acids is 1. The van der Waals surface area contributed by atoms with Gasteiger partial charge >= 0.3 is 6.09 Å². The van der Waals surface area contributed by atoms with Crippen LogP contribution in [0.25, 0.3) is 22.3 Å². The lowest BCUT2D eigenvalue weighted by Gasteiger charge is -2.52. The number of hydrogen-bond acceptors (Lipinski definition) is 8. The predicted molar refractivity (Wildman–Crippen MR) is 167 cm³/mol. The molecule has 1 aliphatic heterocycles. The highest BCUT2D eigenvalue weighted by molar-refractivity contribution is 6.76. The van der Waals surface area contributed by atoms with E-state index in [1.54, 1.807) is 6.33 Å². The van der Waals surface area contributed by atoms with Gasteiger partial charge in [0.2, 0.25) is 0 Å². The molecule has 0 bridgehead atoms. The van der Waals surface area contributed by atoms with Gasteiger partial charge in [0.25, 0.3) is 0 Å². The van der Waals surface area contributed by atoms with Crippen molar-refractivity contribution in [1.29, 1.82) is 0 Å². The van der Waals surface area contributed by atoms with E-state index in [-0.39, 0.29) is 6.09 Å². The minimum absolute atomic E-state index is 0.215. The van der Waals surface area contributed by atoms with Crippen molar-refractivity contribution in [1.82, 2.24) is 39.4 Å². The van der Waals surface area contributed by atoms with Crippen LogP contribution in [0.4, 0.5) is 4.79 Å². The maximum Gasteiger partial charge on any atom is 0.410 e. The van der Waals surface area contributed by atoms with Crippen molar-refractivity contribution in [3.8, 4) is 11.3 Å². The Kier molecular flexibility index (Phi) is 9.07. The molecule has 11 nitrogen and oxygen atoms in total. The van der Waals surface area contributed by atoms with Crippen LogP contribution in [0.15, 0.2) is 31.0 Å². The van der Waals surface area contributed by atoms with Gasteiger partial charge in [-0.3, -0.25) is 9.58 Å². The summed E-state index contributed by atoms with van der Waals surface area (Å²) in [5, 5.41) is 9.21. The van der Waals surface area contributed by atoms with Gasteiger partial charge in [0, 0.05) is 82.7 Å². The predicted octanol–water partition coefficient (Wildman–Crippen LogP) is 4.31. The van der Waals surface area contributed by atoms with Gasteiger partial charge in [-0.05, 0) is 46.4 Å². The van der Waals surface area contributed by atoms with E-state index in [9.17, 15) is 4.79 Å². The van der Waals surface area contributed by atoms with Gasteiger partial charge in [-0.2, -0.15) is 5.10 Å². The molecule has 5 rings (SSSR count). The Morgan fingerprint density at radius 3 is 2.57 bits per heavy atom. The molecular formula is C30H48N8O3Si. The fourth-order valence-electron chi connectivity index (χ4n) is 5.97. The summed E-state index contributed by atoms with van der Waals surface area (Å²) in [5.41, 5.74) is 2.30. The van der Waals surface area contributed by atoms with E-state index in [2.05, 4.69) is 61.3 Å². The number of rotatable bonds is 10. The van der Waals surface area contributed by atoms with Crippen LogP contribution in [0.1, 0.15) is 33.2 Å². The van der Waals surface area contributed by atoms with Crippen LogP contribution < -0.4 is 5.32 Å². The molecule has 1 N–H and O–H groups in total. The number of carbonyl (C=O) groups is 1. The molecule has 0 radical (unpaired) electrons. The molecule has 0 aromatic carbocycles. The number of ether oxygens (including phenoxy) is 2. The lowest BCUT2D eigenvalue weighted by Crippen LogP contribution is -2.61. The highest BCUT2D eigenvalue weighted by Gasteiger charge is 2.46. The molecule has 42 heavy (non-hydrogen) atoms. The van der Waals surface area contributed by atoms with Crippen molar-refractivity contribution >= 4 is 25.2 Å². The standard InChI is InChI=1S/C30H48N8O3Si/c1-30(2,3)41-29(39)36-12-10-35(11-13-36)25-16-26(24(25)18-31-4)38-19-22(17-34-38)27-23-8-9-37(28(23)33-20-32-27)21-40-14-15-42(5,6)7/h8-9,17,19-20,24-26,31H,10-16,18,21H2,1-7H3. The molecule has 3 aromatic rings. The molecule has 4 heterocycles. The molecule has 0 spiro atoms. The van der Waals surface area contributed by atoms with Crippen molar-refractivity contribution in [3.63, 3.8) is 0 Å². The summed E-state index contributed by atoms with van der Waals surface area (Å²) in [6, 6.07) is 3.98. The van der Waals surface area contributed by atoms with Gasteiger partial charge in [-0.15, -0.1) is 0 Å². The minimum Gasteiger partial charge on any atom is -0.444 e. The SMILES string of the molecule is CNCC1C(N2CCN(C(=O)OC(C)(C)C)CC2)CC1n1cc(-c2ncnc3c2ccn3COCC[Si](C)(C)C)cn1. The zero-order valence-electron chi connectivity index (χ0n) is 26.3. The molecule has 3 atom stereocenters. The summed E-state index contributed by atoms with van der Waals surface area (Å²) >= 11 is 0. The largest absolute Gasteiger partial charge is 0.444 e. The monoisotopic (exact) mass is 596 g/mol. The number of amides is 1. The number of hydrogen-bond donors (Lipinski definition) is 1. The van der Waals surface area contributed by atoms with Crippen molar-refractivity contribution < 1.29 is 14.3 Å². The smallest absolute Gasteiger partial charge is 0.410 e. The second kappa shape index (κ2) is 12.4. The van der Waals surface area contributed by atoms with Crippen LogP contribution >= 0.6 is 0 Å². The van der Waals surface area contributed by atoms with Gasteiger partial charge < -0.3 is 24.3 Å². The Morgan fingerprint density at radius 1 is 1.12 bits per heavy atom. The maximum absolute atomic E-state index is 12.5. The van der Waals surface area contributed by atoms with E-state index in [1.807, 2.05) is 45.1 Å². The van der Waals surface area contributed by atoms with E-state index >= 15 is 0 Å². The topological polar surface area (TPSA) is 103 Å². The van der Waals surface area contributed by atoms with E-state index in [1.165, 1.54) is 0 Å². The third kappa shape index (κ3) is 7.04. The third-order valence-corrected chi connectivity index (χ3v) is 10.0. The van der Waals surface area contributed by atoms with E-state index in [0.29, 0.717) is 37.8 Å². The fraction of sp³-hybridized carbons (Fsp3) is 0.667. The van der Waals surface area contributed by atoms with Crippen LogP contribution in [-0.4, -0.2) is 106 Å². The van der Waals surface area contributed by atoms with Crippen LogP contribution in [0.5, 0.6) is 0 Å². The Balaban J connectivity index is 1.22. The molecule has 2 fully saturated rings. The zero-order chi connectivity index (χ0) is 30.1. The molecule has 1 aliphatic carbocycles. The highest BCUT2D eigenvalue weighted by Crippen LogP contribution is 2.42. The summed E-state index contributed by atoms with van der Waals surface area (Å²) in [5.74, 6) is 0.427. The van der Waals surface area contributed by atoms with Crippen LogP contribution in [0, 0.1) is 5.92 Å². The molecule has 3 unspecified atom stereocenters. The van der Waals surface area contributed by atoms with Crippen molar-refractivity contribution in [2.75, 3.05) is 46.4 Å². The second-order valence-corrected chi connectivity index (χ2v) is 19.5. The summed E-state index contributed by atoms with van der Waals surface area (Å²) in [7, 11) is 0.887. The molecule has 3 aromatic heterocycles. The van der Waals surface area contributed by atoms with E-state index in [0.717, 1.165) is 61.0 Å². The van der Waals surface area contributed by atoms with Gasteiger partial charge in [-0.1, -0.05) is 19.6 Å². The lowest BCUT2D eigenvalue weighted by atomic mass is 9.73. The minimum atomic E-state index is -1.13. The van der Waals surface area contributed by atoms with Crippen molar-refractivity contribution in [2.24, 2.45) is 5.92 Å². The van der Waals surface area contributed by atoms with Gasteiger partial charge in [0.05, 0.1) is 17.9 Å². The molecule has 12 heteroatoms. The highest BCUT2D eigenvalue weighted by atomic mass is 28.3. The first kappa shape index (κ1) is 30.6. The number of aromatic nitrogens is 5. The molecule has 1 saturated heterocycles. The summed E-state index contributed by atoms with van der Waals surface area (Å²) in [6.45, 7) is 18.1. The number of piperazine rings is 1. The first-order chi connectivity index (χ1) is 19.9.